The summed E-state index contributed by atoms with van der Waals surface area (Å²) in [5.41, 5.74) is 2.22. The zero-order valence-electron chi connectivity index (χ0n) is 15.5. The van der Waals surface area contributed by atoms with Crippen molar-refractivity contribution in [3.63, 3.8) is 0 Å². The number of hydroxylamine groups is 1. The fourth-order valence-corrected chi connectivity index (χ4v) is 3.05. The molecule has 0 atom stereocenters. The molecule has 2 N–H and O–H groups in total. The third kappa shape index (κ3) is 19.9. The van der Waals surface area contributed by atoms with Crippen LogP contribution in [0.2, 0.25) is 0 Å². The molecule has 0 fully saturated rings. The number of hydrogen-bond acceptors (Lipinski definition) is 2. The van der Waals surface area contributed by atoms with Crippen LogP contribution >= 0.6 is 0 Å². The maximum atomic E-state index is 8.45. The second-order valence-corrected chi connectivity index (χ2v) is 7.39. The van der Waals surface area contributed by atoms with Crippen LogP contribution in [0.1, 0.15) is 117 Å². The Balaban J connectivity index is 2.94. The number of nitrogens with one attached hydrogen (secondary N) is 1. The van der Waals surface area contributed by atoms with Crippen molar-refractivity contribution in [1.29, 1.82) is 0 Å². The Bertz CT molecular complexity index is 194. The fraction of sp³-hybridized carbons (Fsp3) is 1.00. The van der Waals surface area contributed by atoms with Crippen molar-refractivity contribution in [2.75, 3.05) is 6.54 Å². The first kappa shape index (κ1) is 21.9. The normalized spacial score (nSPS) is 11.5. The van der Waals surface area contributed by atoms with Crippen LogP contribution in [0.4, 0.5) is 0 Å². The molecule has 0 radical (unpaired) electrons. The largest absolute Gasteiger partial charge is 0.317 e. The molecule has 2 heteroatoms. The fourth-order valence-electron chi connectivity index (χ4n) is 3.05. The average Bonchev–Trinajstić information content (AvgIpc) is 2.50. The van der Waals surface area contributed by atoms with E-state index in [2.05, 4.69) is 19.3 Å². The lowest BCUT2D eigenvalue weighted by Crippen LogP contribution is -2.07. The van der Waals surface area contributed by atoms with Crippen LogP contribution in [0, 0.1) is 5.92 Å². The van der Waals surface area contributed by atoms with Crippen LogP contribution < -0.4 is 5.48 Å². The highest BCUT2D eigenvalue weighted by Gasteiger charge is 1.96. The zero-order chi connectivity index (χ0) is 16.3. The van der Waals surface area contributed by atoms with Crippen molar-refractivity contribution < 1.29 is 5.21 Å². The third-order valence-electron chi connectivity index (χ3n) is 4.57. The van der Waals surface area contributed by atoms with Crippen molar-refractivity contribution in [2.45, 2.75) is 117 Å². The molecule has 0 unspecified atom stereocenters. The van der Waals surface area contributed by atoms with Gasteiger partial charge in [-0.2, -0.15) is 0 Å². The monoisotopic (exact) mass is 313 g/mol. The first-order chi connectivity index (χ1) is 10.8. The van der Waals surface area contributed by atoms with E-state index < -0.39 is 0 Å². The molecule has 0 rings (SSSR count). The van der Waals surface area contributed by atoms with Gasteiger partial charge in [-0.15, -0.1) is 0 Å². The Morgan fingerprint density at radius 3 is 1.18 bits per heavy atom. The Hall–Kier alpha value is -0.0800. The van der Waals surface area contributed by atoms with Crippen LogP contribution in [0.5, 0.6) is 0 Å². The van der Waals surface area contributed by atoms with Crippen molar-refractivity contribution in [2.24, 2.45) is 5.92 Å². The van der Waals surface area contributed by atoms with E-state index in [1.54, 1.807) is 0 Å². The van der Waals surface area contributed by atoms with Gasteiger partial charge in [0.1, 0.15) is 0 Å². The Labute approximate surface area is 140 Å². The van der Waals surface area contributed by atoms with Crippen LogP contribution in [-0.2, 0) is 0 Å². The highest BCUT2D eigenvalue weighted by molar-refractivity contribution is 4.51. The van der Waals surface area contributed by atoms with Gasteiger partial charge in [-0.3, -0.25) is 0 Å². The molecule has 0 saturated heterocycles. The lowest BCUT2D eigenvalue weighted by Gasteiger charge is -2.05. The molecular formula is C20H43NO. The molecule has 0 aromatic heterocycles. The van der Waals surface area contributed by atoms with Gasteiger partial charge in [0.15, 0.2) is 0 Å². The number of rotatable bonds is 18. The minimum Gasteiger partial charge on any atom is -0.317 e. The molecule has 2 nitrogen and oxygen atoms in total. The van der Waals surface area contributed by atoms with Gasteiger partial charge in [-0.25, -0.2) is 5.48 Å². The Kier molecular flexibility index (Phi) is 18.9. The average molecular weight is 314 g/mol. The Morgan fingerprint density at radius 2 is 0.864 bits per heavy atom. The molecule has 0 aliphatic carbocycles. The molecule has 0 aromatic rings. The quantitative estimate of drug-likeness (QED) is 0.214. The summed E-state index contributed by atoms with van der Waals surface area (Å²) in [4.78, 5) is 0. The topological polar surface area (TPSA) is 32.3 Å². The van der Waals surface area contributed by atoms with Crippen LogP contribution in [-0.4, -0.2) is 11.8 Å². The summed E-state index contributed by atoms with van der Waals surface area (Å²) in [6, 6.07) is 0. The molecule has 0 aliphatic heterocycles. The smallest absolute Gasteiger partial charge is 0.0207 e. The summed E-state index contributed by atoms with van der Waals surface area (Å²) in [5, 5.41) is 8.45. The minimum absolute atomic E-state index is 0.748. The van der Waals surface area contributed by atoms with Crippen LogP contribution in [0.15, 0.2) is 0 Å². The SMILES string of the molecule is CC(C)CCCCCCCCCCCCCCCCCNO. The number of hydrogen-bond donors (Lipinski definition) is 2. The van der Waals surface area contributed by atoms with E-state index in [1.165, 1.54) is 96.3 Å². The summed E-state index contributed by atoms with van der Waals surface area (Å²) in [5.74, 6) is 0.887. The molecule has 22 heavy (non-hydrogen) atoms. The van der Waals surface area contributed by atoms with E-state index in [1.807, 2.05) is 0 Å². The number of unbranched alkanes of at least 4 members (excludes halogenated alkanes) is 14. The van der Waals surface area contributed by atoms with Crippen molar-refractivity contribution in [1.82, 2.24) is 5.48 Å². The molecule has 134 valence electrons. The second-order valence-electron chi connectivity index (χ2n) is 7.39. The van der Waals surface area contributed by atoms with Crippen LogP contribution in [0.3, 0.4) is 0 Å². The first-order valence-corrected chi connectivity index (χ1v) is 10.1. The van der Waals surface area contributed by atoms with Crippen molar-refractivity contribution in [3.05, 3.63) is 0 Å². The summed E-state index contributed by atoms with van der Waals surface area (Å²) in [6.07, 6.45) is 22.4. The highest BCUT2D eigenvalue weighted by atomic mass is 16.5. The molecule has 0 bridgehead atoms. The summed E-state index contributed by atoms with van der Waals surface area (Å²) in [7, 11) is 0. The van der Waals surface area contributed by atoms with Gasteiger partial charge in [-0.05, 0) is 12.3 Å². The van der Waals surface area contributed by atoms with Gasteiger partial charge in [0.2, 0.25) is 0 Å². The zero-order valence-corrected chi connectivity index (χ0v) is 15.5. The van der Waals surface area contributed by atoms with Gasteiger partial charge in [0, 0.05) is 6.54 Å². The summed E-state index contributed by atoms with van der Waals surface area (Å²) in [6.45, 7) is 5.40. The molecule has 0 saturated carbocycles. The van der Waals surface area contributed by atoms with E-state index in [4.69, 9.17) is 5.21 Å². The maximum absolute atomic E-state index is 8.45. The second kappa shape index (κ2) is 19.0. The van der Waals surface area contributed by atoms with E-state index in [9.17, 15) is 0 Å². The van der Waals surface area contributed by atoms with Crippen molar-refractivity contribution >= 4 is 0 Å². The molecule has 0 amide bonds. The Morgan fingerprint density at radius 1 is 0.545 bits per heavy atom. The predicted octanol–water partition coefficient (Wildman–Crippen LogP) is 6.86. The van der Waals surface area contributed by atoms with Crippen LogP contribution in [0.25, 0.3) is 0 Å². The molecule has 0 aliphatic rings. The van der Waals surface area contributed by atoms with Gasteiger partial charge in [0.25, 0.3) is 0 Å². The molecule has 0 aromatic carbocycles. The van der Waals surface area contributed by atoms with E-state index in [0.717, 1.165) is 18.9 Å². The van der Waals surface area contributed by atoms with Gasteiger partial charge < -0.3 is 5.21 Å². The lowest BCUT2D eigenvalue weighted by atomic mass is 10.0. The van der Waals surface area contributed by atoms with Gasteiger partial charge in [-0.1, -0.05) is 110 Å². The third-order valence-corrected chi connectivity index (χ3v) is 4.57. The summed E-state index contributed by atoms with van der Waals surface area (Å²) < 4.78 is 0. The van der Waals surface area contributed by atoms with E-state index >= 15 is 0 Å². The lowest BCUT2D eigenvalue weighted by molar-refractivity contribution is 0.164. The summed E-state index contributed by atoms with van der Waals surface area (Å²) >= 11 is 0. The standard InChI is InChI=1S/C20H43NO/c1-20(2)18-16-14-12-10-8-6-4-3-5-7-9-11-13-15-17-19-21-22/h20-22H,3-19H2,1-2H3. The van der Waals surface area contributed by atoms with E-state index in [0.29, 0.717) is 0 Å². The van der Waals surface area contributed by atoms with Gasteiger partial charge in [0.05, 0.1) is 0 Å². The minimum atomic E-state index is 0.748. The van der Waals surface area contributed by atoms with E-state index in [-0.39, 0.29) is 0 Å². The van der Waals surface area contributed by atoms with Gasteiger partial charge >= 0.3 is 0 Å². The predicted molar refractivity (Wildman–Crippen MR) is 98.5 cm³/mol. The molecule has 0 heterocycles. The molecule has 0 spiro atoms. The highest BCUT2D eigenvalue weighted by Crippen LogP contribution is 2.14. The maximum Gasteiger partial charge on any atom is 0.0207 e. The molecular weight excluding hydrogens is 270 g/mol. The van der Waals surface area contributed by atoms with Crippen molar-refractivity contribution in [3.8, 4) is 0 Å². The first-order valence-electron chi connectivity index (χ1n) is 10.1.